The quantitative estimate of drug-likeness (QED) is 0.627. The lowest BCUT2D eigenvalue weighted by molar-refractivity contribution is -0.126. The average molecular weight is 455 g/mol. The maximum Gasteiger partial charge on any atom is 0.240 e. The van der Waals surface area contributed by atoms with Crippen molar-refractivity contribution in [2.24, 2.45) is 0 Å². The first-order valence-electron chi connectivity index (χ1n) is 10.1. The lowest BCUT2D eigenvalue weighted by Crippen LogP contribution is -2.51. The molecule has 158 valence electrons. The summed E-state index contributed by atoms with van der Waals surface area (Å²) in [6.07, 6.45) is 1.74. The van der Waals surface area contributed by atoms with Crippen molar-refractivity contribution in [1.29, 1.82) is 0 Å². The zero-order valence-corrected chi connectivity index (χ0v) is 18.5. The first-order valence-corrected chi connectivity index (χ1v) is 10.8. The maximum absolute atomic E-state index is 13.4. The third-order valence-electron chi connectivity index (χ3n) is 6.02. The Morgan fingerprint density at radius 3 is 2.48 bits per heavy atom. The Morgan fingerprint density at radius 2 is 1.77 bits per heavy atom. The molecule has 2 aromatic carbocycles. The molecule has 0 fully saturated rings. The number of hydrogen-bond donors (Lipinski definition) is 1. The fraction of sp³-hybridized carbons (Fsp3) is 0.261. The summed E-state index contributed by atoms with van der Waals surface area (Å²) in [5.41, 5.74) is 1.96. The van der Waals surface area contributed by atoms with E-state index in [0.717, 1.165) is 5.56 Å². The molecule has 1 atom stereocenters. The van der Waals surface area contributed by atoms with E-state index in [1.165, 1.54) is 0 Å². The molecule has 0 saturated carbocycles. The zero-order valence-electron chi connectivity index (χ0n) is 17.0. The van der Waals surface area contributed by atoms with Crippen LogP contribution in [0.25, 0.3) is 0 Å². The number of carbonyl (C=O) groups is 2. The topological polar surface area (TPSA) is 67.2 Å². The molecule has 0 saturated heterocycles. The standard InChI is InChI=1S/C23H20Cl2N4O2/c1-13(2)29-20(30)10-23(17-9-16(25)7-8-19(17)27-22(23)31)18-11-26-28(21(18)29)12-14-3-5-15(24)6-4-14/h3-9,11,13H,10,12H2,1-2H3,(H,27,31). The SMILES string of the molecule is CC(C)N1C(=O)CC2(C(=O)Nc3ccc(Cl)cc32)c2cnn(Cc3ccc(Cl)cc3)c21. The molecule has 0 radical (unpaired) electrons. The van der Waals surface area contributed by atoms with Gasteiger partial charge in [-0.25, -0.2) is 4.68 Å². The van der Waals surface area contributed by atoms with Gasteiger partial charge in [0, 0.05) is 27.3 Å². The van der Waals surface area contributed by atoms with Gasteiger partial charge in [-0.15, -0.1) is 0 Å². The van der Waals surface area contributed by atoms with Gasteiger partial charge in [0.25, 0.3) is 0 Å². The minimum atomic E-state index is -1.14. The molecule has 3 heterocycles. The van der Waals surface area contributed by atoms with Crippen LogP contribution in [-0.2, 0) is 21.5 Å². The van der Waals surface area contributed by atoms with E-state index in [-0.39, 0.29) is 24.3 Å². The molecule has 8 heteroatoms. The fourth-order valence-electron chi connectivity index (χ4n) is 4.64. The number of aromatic nitrogens is 2. The molecule has 6 nitrogen and oxygen atoms in total. The zero-order chi connectivity index (χ0) is 21.9. The van der Waals surface area contributed by atoms with Gasteiger partial charge >= 0.3 is 0 Å². The van der Waals surface area contributed by atoms with Gasteiger partial charge in [-0.3, -0.25) is 14.5 Å². The Labute approximate surface area is 189 Å². The highest BCUT2D eigenvalue weighted by atomic mass is 35.5. The molecule has 5 rings (SSSR count). The van der Waals surface area contributed by atoms with E-state index in [4.69, 9.17) is 23.2 Å². The molecular weight excluding hydrogens is 435 g/mol. The highest BCUT2D eigenvalue weighted by Crippen LogP contribution is 2.52. The Morgan fingerprint density at radius 1 is 1.06 bits per heavy atom. The van der Waals surface area contributed by atoms with Gasteiger partial charge in [0.2, 0.25) is 11.8 Å². The molecule has 2 aliphatic heterocycles. The van der Waals surface area contributed by atoms with E-state index in [2.05, 4.69) is 10.4 Å². The monoisotopic (exact) mass is 454 g/mol. The number of rotatable bonds is 3. The molecule has 1 spiro atoms. The molecule has 1 N–H and O–H groups in total. The summed E-state index contributed by atoms with van der Waals surface area (Å²) in [6.45, 7) is 4.36. The number of fused-ring (bicyclic) bond motifs is 4. The second-order valence-electron chi connectivity index (χ2n) is 8.25. The molecule has 2 amide bonds. The van der Waals surface area contributed by atoms with Crippen LogP contribution in [0.2, 0.25) is 10.0 Å². The summed E-state index contributed by atoms with van der Waals surface area (Å²) in [7, 11) is 0. The minimum Gasteiger partial charge on any atom is -0.325 e. The van der Waals surface area contributed by atoms with Crippen molar-refractivity contribution in [2.45, 2.75) is 38.3 Å². The molecule has 1 aromatic heterocycles. The summed E-state index contributed by atoms with van der Waals surface area (Å²) in [4.78, 5) is 28.5. The molecule has 3 aromatic rings. The first-order chi connectivity index (χ1) is 14.8. The number of hydrogen-bond acceptors (Lipinski definition) is 3. The van der Waals surface area contributed by atoms with Crippen molar-refractivity contribution in [3.05, 3.63) is 75.4 Å². The van der Waals surface area contributed by atoms with E-state index in [0.29, 0.717) is 39.2 Å². The predicted octanol–water partition coefficient (Wildman–Crippen LogP) is 4.62. The summed E-state index contributed by atoms with van der Waals surface area (Å²) < 4.78 is 1.78. The van der Waals surface area contributed by atoms with Gasteiger partial charge in [0.1, 0.15) is 11.2 Å². The summed E-state index contributed by atoms with van der Waals surface area (Å²) >= 11 is 12.3. The van der Waals surface area contributed by atoms with Crippen molar-refractivity contribution in [3.8, 4) is 0 Å². The molecule has 1 unspecified atom stereocenters. The second kappa shape index (κ2) is 7.11. The number of nitrogens with one attached hydrogen (secondary N) is 1. The van der Waals surface area contributed by atoms with E-state index in [1.807, 2.05) is 38.1 Å². The first kappa shape index (κ1) is 20.1. The maximum atomic E-state index is 13.4. The van der Waals surface area contributed by atoms with E-state index < -0.39 is 5.41 Å². The molecule has 31 heavy (non-hydrogen) atoms. The van der Waals surface area contributed by atoms with Gasteiger partial charge in [-0.2, -0.15) is 5.10 Å². The van der Waals surface area contributed by atoms with Crippen LogP contribution in [0.5, 0.6) is 0 Å². The summed E-state index contributed by atoms with van der Waals surface area (Å²) in [5.74, 6) is 0.293. The third kappa shape index (κ3) is 2.97. The molecule has 2 aliphatic rings. The number of anilines is 2. The van der Waals surface area contributed by atoms with Gasteiger partial charge in [0.15, 0.2) is 0 Å². The van der Waals surface area contributed by atoms with Crippen molar-refractivity contribution < 1.29 is 9.59 Å². The molecule has 0 aliphatic carbocycles. The van der Waals surface area contributed by atoms with Crippen LogP contribution in [0.15, 0.2) is 48.7 Å². The number of benzene rings is 2. The fourth-order valence-corrected chi connectivity index (χ4v) is 4.94. The van der Waals surface area contributed by atoms with Crippen LogP contribution >= 0.6 is 23.2 Å². The number of nitrogens with zero attached hydrogens (tertiary/aromatic N) is 3. The third-order valence-corrected chi connectivity index (χ3v) is 6.51. The number of halogens is 2. The van der Waals surface area contributed by atoms with Gasteiger partial charge in [-0.05, 0) is 55.3 Å². The smallest absolute Gasteiger partial charge is 0.240 e. The van der Waals surface area contributed by atoms with Crippen LogP contribution < -0.4 is 10.2 Å². The average Bonchev–Trinajstić information content (AvgIpc) is 3.24. The largest absolute Gasteiger partial charge is 0.325 e. The Kier molecular flexibility index (Phi) is 4.61. The van der Waals surface area contributed by atoms with E-state index in [9.17, 15) is 9.59 Å². The van der Waals surface area contributed by atoms with Gasteiger partial charge in [0.05, 0.1) is 19.2 Å². The minimum absolute atomic E-state index is 0.0317. The van der Waals surface area contributed by atoms with Crippen LogP contribution in [0, 0.1) is 0 Å². The van der Waals surface area contributed by atoms with Crippen molar-refractivity contribution in [3.63, 3.8) is 0 Å². The lowest BCUT2D eigenvalue weighted by atomic mass is 9.71. The Bertz CT molecular complexity index is 1220. The highest BCUT2D eigenvalue weighted by Gasteiger charge is 2.56. The Balaban J connectivity index is 1.72. The van der Waals surface area contributed by atoms with Crippen molar-refractivity contribution in [2.75, 3.05) is 10.2 Å². The Hall–Kier alpha value is -2.83. The lowest BCUT2D eigenvalue weighted by Gasteiger charge is -2.39. The van der Waals surface area contributed by atoms with Crippen LogP contribution in [0.4, 0.5) is 11.5 Å². The van der Waals surface area contributed by atoms with Crippen molar-refractivity contribution >= 4 is 46.5 Å². The van der Waals surface area contributed by atoms with Crippen LogP contribution in [0.3, 0.4) is 0 Å². The van der Waals surface area contributed by atoms with Gasteiger partial charge in [-0.1, -0.05) is 35.3 Å². The molecular formula is C23H20Cl2N4O2. The van der Waals surface area contributed by atoms with E-state index >= 15 is 0 Å². The van der Waals surface area contributed by atoms with Crippen molar-refractivity contribution in [1.82, 2.24) is 9.78 Å². The van der Waals surface area contributed by atoms with Crippen LogP contribution in [-0.4, -0.2) is 27.6 Å². The molecule has 0 bridgehead atoms. The normalized spacial score (nSPS) is 19.7. The highest BCUT2D eigenvalue weighted by molar-refractivity contribution is 6.31. The van der Waals surface area contributed by atoms with E-state index in [1.54, 1.807) is 34.0 Å². The predicted molar refractivity (Wildman–Crippen MR) is 121 cm³/mol. The van der Waals surface area contributed by atoms with Gasteiger partial charge < -0.3 is 5.32 Å². The summed E-state index contributed by atoms with van der Waals surface area (Å²) in [6, 6.07) is 12.7. The van der Waals surface area contributed by atoms with Crippen LogP contribution in [0.1, 0.15) is 37.0 Å². The summed E-state index contributed by atoms with van der Waals surface area (Å²) in [5, 5.41) is 8.71. The number of amides is 2. The second-order valence-corrected chi connectivity index (χ2v) is 9.12. The number of carbonyl (C=O) groups excluding carboxylic acids is 2.